The molecule has 226 valence electrons. The summed E-state index contributed by atoms with van der Waals surface area (Å²) in [5.74, 6) is -2.47. The number of nitrogens with one attached hydrogen (secondary N) is 1. The molecule has 3 aromatic carbocycles. The Kier molecular flexibility index (Phi) is 9.16. The fourth-order valence-electron chi connectivity index (χ4n) is 6.58. The summed E-state index contributed by atoms with van der Waals surface area (Å²) >= 11 is 6.94. The van der Waals surface area contributed by atoms with E-state index in [-0.39, 0.29) is 24.3 Å². The van der Waals surface area contributed by atoms with E-state index in [1.807, 2.05) is 109 Å². The molecule has 0 bridgehead atoms. The van der Waals surface area contributed by atoms with Crippen LogP contribution < -0.4 is 10.2 Å². The Hall–Kier alpha value is -3.53. The van der Waals surface area contributed by atoms with Crippen LogP contribution in [0.4, 0.5) is 5.69 Å². The molecule has 6 rings (SSSR count). The average Bonchev–Trinajstić information content (AvgIpc) is 3.42. The van der Waals surface area contributed by atoms with Gasteiger partial charge in [-0.2, -0.15) is 0 Å². The second-order valence-corrected chi connectivity index (χ2v) is 12.9. The van der Waals surface area contributed by atoms with E-state index in [2.05, 4.69) is 37.2 Å². The van der Waals surface area contributed by atoms with Gasteiger partial charge >= 0.3 is 0 Å². The molecule has 2 saturated heterocycles. The third kappa shape index (κ3) is 5.80. The van der Waals surface area contributed by atoms with Crippen LogP contribution in [0.25, 0.3) is 0 Å². The highest BCUT2D eigenvalue weighted by atomic mass is 79.9. The van der Waals surface area contributed by atoms with Crippen LogP contribution in [-0.2, 0) is 32.2 Å². The fraction of sp³-hybridized carbons (Fsp3) is 0.286. The van der Waals surface area contributed by atoms with Crippen LogP contribution in [0.15, 0.2) is 114 Å². The van der Waals surface area contributed by atoms with Gasteiger partial charge in [0, 0.05) is 35.1 Å². The molecule has 0 saturated carbocycles. The molecule has 3 aliphatic rings. The molecule has 9 heteroatoms. The number of hydrogen-bond donors (Lipinski definition) is 1. The molecule has 0 unspecified atom stereocenters. The molecule has 2 fully saturated rings. The van der Waals surface area contributed by atoms with Crippen LogP contribution in [0.3, 0.4) is 0 Å². The number of rotatable bonds is 9. The topological polar surface area (TPSA) is 79.0 Å². The van der Waals surface area contributed by atoms with Crippen molar-refractivity contribution in [2.45, 2.75) is 37.3 Å². The van der Waals surface area contributed by atoms with Gasteiger partial charge in [0.05, 0.1) is 17.9 Å². The number of allylic oxidation sites excluding steroid dienone is 1. The van der Waals surface area contributed by atoms with E-state index in [4.69, 9.17) is 4.74 Å². The highest BCUT2D eigenvalue weighted by Gasteiger charge is 2.71. The number of ether oxygens (including phenoxy) is 1. The van der Waals surface area contributed by atoms with Gasteiger partial charge in [-0.05, 0) is 41.8 Å². The standard InChI is InChI=1S/C35H33Br2N3O4/c36-20-8-7-14-28-29(32(41)38-22-24-10-3-1-4-11-24)30-33(42)40(23-25-12-5-2-6-13-25)31-34(43)39(21-9-19-35(30,31)44-28)27-17-15-26(37)16-18-27/h1-7,9-19,28-31H,8,20-23H2,(H,38,41)/b14-7+/t28-,29+,30+,31-,35+/m0/s1. The summed E-state index contributed by atoms with van der Waals surface area (Å²) < 4.78 is 7.74. The van der Waals surface area contributed by atoms with Crippen molar-refractivity contribution >= 4 is 55.3 Å². The highest BCUT2D eigenvalue weighted by molar-refractivity contribution is 9.10. The molecule has 1 spiro atoms. The summed E-state index contributed by atoms with van der Waals surface area (Å²) in [6, 6.07) is 25.9. The normalized spacial score (nSPS) is 26.1. The van der Waals surface area contributed by atoms with Crippen LogP contribution in [0, 0.1) is 11.8 Å². The van der Waals surface area contributed by atoms with Crippen LogP contribution in [-0.4, -0.2) is 52.2 Å². The maximum Gasteiger partial charge on any atom is 0.253 e. The first-order valence-corrected chi connectivity index (χ1v) is 16.7. The van der Waals surface area contributed by atoms with Gasteiger partial charge in [-0.25, -0.2) is 0 Å². The summed E-state index contributed by atoms with van der Waals surface area (Å²) in [6.07, 6.45) is 7.67. The third-order valence-electron chi connectivity index (χ3n) is 8.54. The minimum atomic E-state index is -1.31. The van der Waals surface area contributed by atoms with Crippen molar-refractivity contribution in [3.05, 3.63) is 125 Å². The minimum Gasteiger partial charge on any atom is -0.359 e. The van der Waals surface area contributed by atoms with Gasteiger partial charge in [0.1, 0.15) is 11.6 Å². The van der Waals surface area contributed by atoms with Gasteiger partial charge in [0.2, 0.25) is 11.8 Å². The van der Waals surface area contributed by atoms with Crippen molar-refractivity contribution in [3.63, 3.8) is 0 Å². The lowest BCUT2D eigenvalue weighted by atomic mass is 9.77. The van der Waals surface area contributed by atoms with E-state index in [9.17, 15) is 14.4 Å². The summed E-state index contributed by atoms with van der Waals surface area (Å²) in [7, 11) is 0. The van der Waals surface area contributed by atoms with Crippen LogP contribution in [0.2, 0.25) is 0 Å². The van der Waals surface area contributed by atoms with Crippen molar-refractivity contribution in [3.8, 4) is 0 Å². The number of alkyl halides is 1. The molecule has 7 nitrogen and oxygen atoms in total. The van der Waals surface area contributed by atoms with E-state index in [0.717, 1.165) is 33.0 Å². The first-order chi connectivity index (χ1) is 21.4. The smallest absolute Gasteiger partial charge is 0.253 e. The highest BCUT2D eigenvalue weighted by Crippen LogP contribution is 2.53. The molecule has 3 aromatic rings. The number of anilines is 1. The summed E-state index contributed by atoms with van der Waals surface area (Å²) in [4.78, 5) is 46.6. The zero-order valence-electron chi connectivity index (χ0n) is 24.0. The molecular weight excluding hydrogens is 686 g/mol. The molecule has 44 heavy (non-hydrogen) atoms. The van der Waals surface area contributed by atoms with E-state index in [0.29, 0.717) is 13.1 Å². The molecule has 0 aliphatic carbocycles. The van der Waals surface area contributed by atoms with Crippen molar-refractivity contribution in [1.29, 1.82) is 0 Å². The molecule has 1 N–H and O–H groups in total. The van der Waals surface area contributed by atoms with Gasteiger partial charge in [-0.15, -0.1) is 0 Å². The van der Waals surface area contributed by atoms with Gasteiger partial charge in [0.25, 0.3) is 5.91 Å². The van der Waals surface area contributed by atoms with Crippen LogP contribution in [0.1, 0.15) is 17.5 Å². The molecule has 3 aliphatic heterocycles. The molecule has 3 heterocycles. The van der Waals surface area contributed by atoms with Crippen molar-refractivity contribution < 1.29 is 19.1 Å². The Morgan fingerprint density at radius 2 is 1.64 bits per heavy atom. The number of hydrogen-bond acceptors (Lipinski definition) is 4. The summed E-state index contributed by atoms with van der Waals surface area (Å²) in [6.45, 7) is 0.866. The lowest BCUT2D eigenvalue weighted by Gasteiger charge is -2.35. The number of amides is 3. The monoisotopic (exact) mass is 717 g/mol. The summed E-state index contributed by atoms with van der Waals surface area (Å²) in [5.41, 5.74) is 1.26. The first-order valence-electron chi connectivity index (χ1n) is 14.7. The molecule has 3 amide bonds. The van der Waals surface area contributed by atoms with Gasteiger partial charge in [-0.3, -0.25) is 14.4 Å². The number of likely N-dealkylation sites (tertiary alicyclic amines) is 1. The van der Waals surface area contributed by atoms with E-state index < -0.39 is 29.6 Å². The SMILES string of the molecule is O=C(NCc1ccccc1)[C@@H]1[C@H](/C=C/CCBr)O[C@@]23C=CCN(c4ccc(Br)cc4)C(=O)[C@@H]2N(Cc2ccccc2)C(=O)[C@@H]13. The lowest BCUT2D eigenvalue weighted by Crippen LogP contribution is -2.55. The number of nitrogens with zero attached hydrogens (tertiary/aromatic N) is 2. The quantitative estimate of drug-likeness (QED) is 0.225. The largest absolute Gasteiger partial charge is 0.359 e. The maximum atomic E-state index is 14.6. The van der Waals surface area contributed by atoms with E-state index in [1.165, 1.54) is 0 Å². The second kappa shape index (κ2) is 13.2. The Morgan fingerprint density at radius 3 is 2.32 bits per heavy atom. The molecule has 5 atom stereocenters. The minimum absolute atomic E-state index is 0.224. The predicted molar refractivity (Wildman–Crippen MR) is 177 cm³/mol. The van der Waals surface area contributed by atoms with Crippen molar-refractivity contribution in [2.75, 3.05) is 16.8 Å². The average molecular weight is 719 g/mol. The summed E-state index contributed by atoms with van der Waals surface area (Å²) in [5, 5.41) is 3.81. The predicted octanol–water partition coefficient (Wildman–Crippen LogP) is 5.79. The van der Waals surface area contributed by atoms with Gasteiger partial charge < -0.3 is 19.9 Å². The van der Waals surface area contributed by atoms with Crippen molar-refractivity contribution in [2.24, 2.45) is 11.8 Å². The van der Waals surface area contributed by atoms with Gasteiger partial charge in [-0.1, -0.05) is 117 Å². The Labute approximate surface area is 274 Å². The molecule has 0 aromatic heterocycles. The number of carbonyl (C=O) groups is 3. The number of benzene rings is 3. The molecule has 0 radical (unpaired) electrons. The van der Waals surface area contributed by atoms with Crippen LogP contribution >= 0.6 is 31.9 Å². The zero-order valence-corrected chi connectivity index (χ0v) is 27.2. The Bertz CT molecular complexity index is 1560. The Balaban J connectivity index is 1.41. The maximum absolute atomic E-state index is 14.6. The zero-order chi connectivity index (χ0) is 30.7. The third-order valence-corrected chi connectivity index (χ3v) is 9.53. The number of carbonyl (C=O) groups excluding carboxylic acids is 3. The number of halogens is 2. The van der Waals surface area contributed by atoms with E-state index >= 15 is 0 Å². The molecular formula is C35H33Br2N3O4. The Morgan fingerprint density at radius 1 is 0.955 bits per heavy atom. The second-order valence-electron chi connectivity index (χ2n) is 11.2. The van der Waals surface area contributed by atoms with Crippen LogP contribution in [0.5, 0.6) is 0 Å². The fourth-order valence-corrected chi connectivity index (χ4v) is 7.11. The van der Waals surface area contributed by atoms with Crippen molar-refractivity contribution in [1.82, 2.24) is 10.2 Å². The van der Waals surface area contributed by atoms with Gasteiger partial charge in [0.15, 0.2) is 0 Å². The lowest BCUT2D eigenvalue weighted by molar-refractivity contribution is -0.141. The first kappa shape index (κ1) is 30.5. The van der Waals surface area contributed by atoms with E-state index in [1.54, 1.807) is 9.80 Å².